The number of H-pyrrole nitrogens is 1. The SMILES string of the molecule is Cc1cc(Nc2ccc3[nH]ncc3c2)nc(N2CC3CCC(C2)N3)n1. The van der Waals surface area contributed by atoms with E-state index in [0.29, 0.717) is 12.1 Å². The normalized spacial score (nSPS) is 22.5. The van der Waals surface area contributed by atoms with Gasteiger partial charge in [-0.1, -0.05) is 0 Å². The lowest BCUT2D eigenvalue weighted by Gasteiger charge is -2.33. The molecule has 5 rings (SSSR count). The highest BCUT2D eigenvalue weighted by atomic mass is 15.3. The van der Waals surface area contributed by atoms with Crippen LogP contribution in [0, 0.1) is 6.92 Å². The quantitative estimate of drug-likeness (QED) is 0.682. The van der Waals surface area contributed by atoms with E-state index in [-0.39, 0.29) is 0 Å². The van der Waals surface area contributed by atoms with Crippen molar-refractivity contribution in [1.82, 2.24) is 25.5 Å². The van der Waals surface area contributed by atoms with E-state index in [2.05, 4.69) is 36.8 Å². The fraction of sp³-hybridized carbons (Fsp3) is 0.389. The van der Waals surface area contributed by atoms with Crippen LogP contribution in [0.1, 0.15) is 18.5 Å². The summed E-state index contributed by atoms with van der Waals surface area (Å²) in [5, 5.41) is 15.2. The Bertz CT molecular complexity index is 907. The number of fused-ring (bicyclic) bond motifs is 3. The van der Waals surface area contributed by atoms with Crippen LogP contribution < -0.4 is 15.5 Å². The molecule has 2 aliphatic heterocycles. The van der Waals surface area contributed by atoms with Gasteiger partial charge in [0.2, 0.25) is 5.95 Å². The summed E-state index contributed by atoms with van der Waals surface area (Å²) in [6.07, 6.45) is 4.33. The van der Waals surface area contributed by atoms with E-state index in [1.165, 1.54) is 12.8 Å². The van der Waals surface area contributed by atoms with Crippen LogP contribution in [0.5, 0.6) is 0 Å². The third-order valence-electron chi connectivity index (χ3n) is 5.05. The van der Waals surface area contributed by atoms with Gasteiger partial charge in [0.25, 0.3) is 0 Å². The molecule has 2 aliphatic rings. The van der Waals surface area contributed by atoms with Gasteiger partial charge in [-0.15, -0.1) is 0 Å². The molecule has 0 spiro atoms. The van der Waals surface area contributed by atoms with Crippen molar-refractivity contribution in [2.75, 3.05) is 23.3 Å². The molecule has 2 saturated heterocycles. The molecule has 0 radical (unpaired) electrons. The Morgan fingerprint density at radius 3 is 2.80 bits per heavy atom. The Hall–Kier alpha value is -2.67. The fourth-order valence-corrected chi connectivity index (χ4v) is 3.89. The molecular formula is C18H21N7. The molecule has 1 aromatic carbocycles. The molecule has 7 nitrogen and oxygen atoms in total. The van der Waals surface area contributed by atoms with Gasteiger partial charge in [-0.3, -0.25) is 5.10 Å². The smallest absolute Gasteiger partial charge is 0.227 e. The second-order valence-corrected chi connectivity index (χ2v) is 7.03. The van der Waals surface area contributed by atoms with Crippen molar-refractivity contribution in [2.45, 2.75) is 31.8 Å². The highest BCUT2D eigenvalue weighted by Gasteiger charge is 2.33. The van der Waals surface area contributed by atoms with Crippen LogP contribution >= 0.6 is 0 Å². The summed E-state index contributed by atoms with van der Waals surface area (Å²) in [6, 6.07) is 9.25. The number of hydrogen-bond acceptors (Lipinski definition) is 6. The summed E-state index contributed by atoms with van der Waals surface area (Å²) < 4.78 is 0. The Labute approximate surface area is 145 Å². The van der Waals surface area contributed by atoms with Gasteiger partial charge < -0.3 is 15.5 Å². The van der Waals surface area contributed by atoms with Gasteiger partial charge in [0.15, 0.2) is 0 Å². The number of piperazine rings is 1. The van der Waals surface area contributed by atoms with Crippen molar-refractivity contribution in [2.24, 2.45) is 0 Å². The van der Waals surface area contributed by atoms with Crippen LogP contribution in [-0.4, -0.2) is 45.3 Å². The first-order chi connectivity index (χ1) is 12.2. The van der Waals surface area contributed by atoms with Crippen molar-refractivity contribution in [3.63, 3.8) is 0 Å². The molecule has 0 saturated carbocycles. The molecule has 128 valence electrons. The molecule has 3 aromatic rings. The van der Waals surface area contributed by atoms with Crippen LogP contribution in [0.4, 0.5) is 17.5 Å². The Balaban J connectivity index is 1.42. The average molecular weight is 335 g/mol. The third kappa shape index (κ3) is 2.80. The molecule has 3 N–H and O–H groups in total. The fourth-order valence-electron chi connectivity index (χ4n) is 3.89. The standard InChI is InChI=1S/C18H21N7/c1-11-6-17(22-13-4-5-16-12(7-13)8-19-24-16)23-18(20-11)25-9-14-2-3-15(10-25)21-14/h4-8,14-15,21H,2-3,9-10H2,1H3,(H,19,24)(H,20,22,23). The van der Waals surface area contributed by atoms with E-state index in [1.807, 2.05) is 31.3 Å². The van der Waals surface area contributed by atoms with Crippen molar-refractivity contribution < 1.29 is 0 Å². The van der Waals surface area contributed by atoms with E-state index in [0.717, 1.165) is 47.1 Å². The van der Waals surface area contributed by atoms with Gasteiger partial charge in [-0.25, -0.2) is 4.98 Å². The monoisotopic (exact) mass is 335 g/mol. The Morgan fingerprint density at radius 1 is 1.12 bits per heavy atom. The van der Waals surface area contributed by atoms with Gasteiger partial charge in [0.05, 0.1) is 11.7 Å². The lowest BCUT2D eigenvalue weighted by molar-refractivity contribution is 0.460. The first kappa shape index (κ1) is 14.7. The number of aryl methyl sites for hydroxylation is 1. The summed E-state index contributed by atoms with van der Waals surface area (Å²) in [5.41, 5.74) is 3.00. The number of hydrogen-bond donors (Lipinski definition) is 3. The highest BCUT2D eigenvalue weighted by Crippen LogP contribution is 2.25. The van der Waals surface area contributed by atoms with E-state index < -0.39 is 0 Å². The van der Waals surface area contributed by atoms with Crippen LogP contribution in [0.3, 0.4) is 0 Å². The molecular weight excluding hydrogens is 314 g/mol. The third-order valence-corrected chi connectivity index (χ3v) is 5.05. The number of nitrogens with zero attached hydrogens (tertiary/aromatic N) is 4. The number of rotatable bonds is 3. The lowest BCUT2D eigenvalue weighted by atomic mass is 10.2. The van der Waals surface area contributed by atoms with Crippen molar-refractivity contribution in [3.8, 4) is 0 Å². The van der Waals surface area contributed by atoms with Crippen molar-refractivity contribution in [3.05, 3.63) is 36.2 Å². The minimum Gasteiger partial charge on any atom is -0.340 e. The number of nitrogens with one attached hydrogen (secondary N) is 3. The van der Waals surface area contributed by atoms with Crippen LogP contribution in [0.25, 0.3) is 10.9 Å². The average Bonchev–Trinajstić information content (AvgIpc) is 3.19. The maximum Gasteiger partial charge on any atom is 0.227 e. The molecule has 2 aromatic heterocycles. The second-order valence-electron chi connectivity index (χ2n) is 7.03. The Kier molecular flexibility index (Phi) is 3.34. The molecule has 0 amide bonds. The molecule has 4 heterocycles. The number of benzene rings is 1. The van der Waals surface area contributed by atoms with Crippen molar-refractivity contribution >= 4 is 28.4 Å². The van der Waals surface area contributed by atoms with Gasteiger partial charge in [-0.2, -0.15) is 10.1 Å². The Morgan fingerprint density at radius 2 is 1.96 bits per heavy atom. The van der Waals surface area contributed by atoms with E-state index in [4.69, 9.17) is 4.98 Å². The van der Waals surface area contributed by atoms with Gasteiger partial charge >= 0.3 is 0 Å². The number of aromatic nitrogens is 4. The first-order valence-electron chi connectivity index (χ1n) is 8.80. The van der Waals surface area contributed by atoms with Crippen LogP contribution in [-0.2, 0) is 0 Å². The summed E-state index contributed by atoms with van der Waals surface area (Å²) in [7, 11) is 0. The first-order valence-corrected chi connectivity index (χ1v) is 8.80. The molecule has 2 unspecified atom stereocenters. The molecule has 7 heteroatoms. The molecule has 2 atom stereocenters. The topological polar surface area (TPSA) is 81.8 Å². The van der Waals surface area contributed by atoms with Crippen LogP contribution in [0.2, 0.25) is 0 Å². The predicted molar refractivity (Wildman–Crippen MR) is 98.3 cm³/mol. The molecule has 25 heavy (non-hydrogen) atoms. The number of anilines is 3. The maximum absolute atomic E-state index is 4.77. The predicted octanol–water partition coefficient (Wildman–Crippen LogP) is 2.35. The van der Waals surface area contributed by atoms with Crippen LogP contribution in [0.15, 0.2) is 30.5 Å². The van der Waals surface area contributed by atoms with Gasteiger partial charge in [0.1, 0.15) is 5.82 Å². The van der Waals surface area contributed by atoms with E-state index >= 15 is 0 Å². The minimum atomic E-state index is 0.572. The van der Waals surface area contributed by atoms with Gasteiger partial charge in [0, 0.05) is 48.0 Å². The summed E-state index contributed by atoms with van der Waals surface area (Å²) in [6.45, 7) is 3.99. The lowest BCUT2D eigenvalue weighted by Crippen LogP contribution is -2.51. The van der Waals surface area contributed by atoms with Crippen molar-refractivity contribution in [1.29, 1.82) is 0 Å². The molecule has 2 fully saturated rings. The number of aromatic amines is 1. The molecule has 2 bridgehead atoms. The molecule has 0 aliphatic carbocycles. The zero-order chi connectivity index (χ0) is 16.8. The van der Waals surface area contributed by atoms with E-state index in [1.54, 1.807) is 0 Å². The summed E-state index contributed by atoms with van der Waals surface area (Å²) >= 11 is 0. The van der Waals surface area contributed by atoms with Gasteiger partial charge in [-0.05, 0) is 38.0 Å². The maximum atomic E-state index is 4.77. The zero-order valence-electron chi connectivity index (χ0n) is 14.2. The summed E-state index contributed by atoms with van der Waals surface area (Å²) in [5.74, 6) is 1.65. The summed E-state index contributed by atoms with van der Waals surface area (Å²) in [4.78, 5) is 11.8. The largest absolute Gasteiger partial charge is 0.340 e. The highest BCUT2D eigenvalue weighted by molar-refractivity contribution is 5.82. The van der Waals surface area contributed by atoms with E-state index in [9.17, 15) is 0 Å². The minimum absolute atomic E-state index is 0.572. The zero-order valence-corrected chi connectivity index (χ0v) is 14.2. The second kappa shape index (κ2) is 5.70.